The molecule has 0 radical (unpaired) electrons. The Bertz CT molecular complexity index is 1540. The molecular formula is C34H34F3N. The highest BCUT2D eigenvalue weighted by Gasteiger charge is 2.47. The van der Waals surface area contributed by atoms with Crippen LogP contribution < -0.4 is 0 Å². The Morgan fingerprint density at radius 3 is 2.21 bits per heavy atom. The molecule has 1 aliphatic carbocycles. The molecule has 38 heavy (non-hydrogen) atoms. The molecule has 0 aliphatic heterocycles. The van der Waals surface area contributed by atoms with Crippen LogP contribution in [0.4, 0.5) is 13.2 Å². The Kier molecular flexibility index (Phi) is 6.29. The van der Waals surface area contributed by atoms with Crippen molar-refractivity contribution < 1.29 is 13.2 Å². The Balaban J connectivity index is 1.54. The predicted octanol–water partition coefficient (Wildman–Crippen LogP) is 9.99. The number of hydrogen-bond acceptors (Lipinski definition) is 1. The third-order valence-corrected chi connectivity index (χ3v) is 8.05. The summed E-state index contributed by atoms with van der Waals surface area (Å²) in [5.74, 6) is 0.374. The molecule has 0 amide bonds. The molecule has 0 saturated heterocycles. The van der Waals surface area contributed by atoms with Crippen LogP contribution in [0.5, 0.6) is 0 Å². The first kappa shape index (κ1) is 26.2. The lowest BCUT2D eigenvalue weighted by molar-refractivity contribution is -0.211. The molecule has 4 heteroatoms. The standard InChI is InChI=1S/C34H34F3N/c1-21(2)28-18-26(17-24-9-7-8-10-27(24)28)31-30-25(15-16-38-31)19-29(33(30,5)6)23-13-11-22(12-14-23)20-32(3,4)34(35,36)37/h7-19,21H,20H2,1-6H3. The van der Waals surface area contributed by atoms with Crippen LogP contribution in [0.2, 0.25) is 0 Å². The lowest BCUT2D eigenvalue weighted by atomic mass is 9.76. The Hall–Kier alpha value is -3.40. The largest absolute Gasteiger partial charge is 0.394 e. The number of hydrogen-bond donors (Lipinski definition) is 0. The SMILES string of the molecule is CC(C)c1cc(-c2nccc3c2C(C)(C)C(c2ccc(CC(C)(C)C(F)(F)F)cc2)=C3)cc2ccccc12. The van der Waals surface area contributed by atoms with Gasteiger partial charge in [-0.25, -0.2) is 0 Å². The molecule has 4 aromatic rings. The van der Waals surface area contributed by atoms with Crippen LogP contribution in [0.15, 0.2) is 72.9 Å². The van der Waals surface area contributed by atoms with Crippen molar-refractivity contribution in [2.45, 2.75) is 65.5 Å². The van der Waals surface area contributed by atoms with E-state index < -0.39 is 11.6 Å². The molecule has 1 nitrogen and oxygen atoms in total. The number of allylic oxidation sites excluding steroid dienone is 1. The molecule has 0 fully saturated rings. The zero-order valence-corrected chi connectivity index (χ0v) is 22.9. The molecule has 1 aliphatic rings. The van der Waals surface area contributed by atoms with Crippen molar-refractivity contribution in [1.82, 2.24) is 4.98 Å². The number of alkyl halides is 3. The van der Waals surface area contributed by atoms with Gasteiger partial charge in [-0.15, -0.1) is 0 Å². The highest BCUT2D eigenvalue weighted by atomic mass is 19.4. The molecule has 3 aromatic carbocycles. The van der Waals surface area contributed by atoms with Gasteiger partial charge in [-0.1, -0.05) is 90.1 Å². The minimum Gasteiger partial charge on any atom is -0.256 e. The second-order valence-corrected chi connectivity index (χ2v) is 12.0. The van der Waals surface area contributed by atoms with Gasteiger partial charge in [0.05, 0.1) is 11.1 Å². The quantitative estimate of drug-likeness (QED) is 0.259. The van der Waals surface area contributed by atoms with Crippen LogP contribution in [0.1, 0.15) is 75.3 Å². The highest BCUT2D eigenvalue weighted by Crippen LogP contribution is 2.50. The zero-order valence-electron chi connectivity index (χ0n) is 22.9. The summed E-state index contributed by atoms with van der Waals surface area (Å²) in [5, 5.41) is 2.47. The van der Waals surface area contributed by atoms with Crippen molar-refractivity contribution in [3.05, 3.63) is 101 Å². The summed E-state index contributed by atoms with van der Waals surface area (Å²) >= 11 is 0. The number of halogens is 3. The molecule has 1 heterocycles. The average Bonchev–Trinajstić information content (AvgIpc) is 3.13. The lowest BCUT2D eigenvalue weighted by Crippen LogP contribution is -2.34. The van der Waals surface area contributed by atoms with Gasteiger partial charge in [-0.3, -0.25) is 4.98 Å². The van der Waals surface area contributed by atoms with Gasteiger partial charge in [0.2, 0.25) is 0 Å². The van der Waals surface area contributed by atoms with Gasteiger partial charge in [-0.05, 0) is 80.8 Å². The lowest BCUT2D eigenvalue weighted by Gasteiger charge is -2.29. The van der Waals surface area contributed by atoms with Crippen LogP contribution in [-0.2, 0) is 11.8 Å². The smallest absolute Gasteiger partial charge is 0.256 e. The number of fused-ring (bicyclic) bond motifs is 2. The first-order chi connectivity index (χ1) is 17.8. The number of aromatic nitrogens is 1. The summed E-state index contributed by atoms with van der Waals surface area (Å²) in [6.07, 6.45) is -0.214. The molecule has 1 aromatic heterocycles. The van der Waals surface area contributed by atoms with Crippen molar-refractivity contribution in [3.63, 3.8) is 0 Å². The summed E-state index contributed by atoms with van der Waals surface area (Å²) in [4.78, 5) is 4.89. The van der Waals surface area contributed by atoms with Crippen LogP contribution in [-0.4, -0.2) is 11.2 Å². The van der Waals surface area contributed by atoms with Gasteiger partial charge in [-0.2, -0.15) is 13.2 Å². The highest BCUT2D eigenvalue weighted by molar-refractivity contribution is 5.98. The summed E-state index contributed by atoms with van der Waals surface area (Å²) in [6.45, 7) is 11.4. The van der Waals surface area contributed by atoms with E-state index in [1.54, 1.807) is 0 Å². The fourth-order valence-electron chi connectivity index (χ4n) is 5.75. The topological polar surface area (TPSA) is 12.9 Å². The van der Waals surface area contributed by atoms with E-state index in [0.29, 0.717) is 11.5 Å². The zero-order chi connectivity index (χ0) is 27.5. The van der Waals surface area contributed by atoms with Crippen LogP contribution >= 0.6 is 0 Å². The Labute approximate surface area is 223 Å². The summed E-state index contributed by atoms with van der Waals surface area (Å²) in [7, 11) is 0. The van der Waals surface area contributed by atoms with E-state index in [-0.39, 0.29) is 11.8 Å². The molecule has 5 rings (SSSR count). The fourth-order valence-corrected chi connectivity index (χ4v) is 5.75. The van der Waals surface area contributed by atoms with E-state index in [2.05, 4.69) is 76.2 Å². The van der Waals surface area contributed by atoms with Gasteiger partial charge >= 0.3 is 6.18 Å². The number of rotatable bonds is 5. The molecule has 0 bridgehead atoms. The monoisotopic (exact) mass is 513 g/mol. The van der Waals surface area contributed by atoms with Crippen LogP contribution in [0.25, 0.3) is 33.7 Å². The molecular weight excluding hydrogens is 479 g/mol. The number of nitrogens with zero attached hydrogens (tertiary/aromatic N) is 1. The van der Waals surface area contributed by atoms with Crippen molar-refractivity contribution >= 4 is 22.4 Å². The Morgan fingerprint density at radius 1 is 0.868 bits per heavy atom. The normalized spacial score (nSPS) is 15.2. The van der Waals surface area contributed by atoms with Crippen molar-refractivity contribution in [1.29, 1.82) is 0 Å². The second-order valence-electron chi connectivity index (χ2n) is 12.0. The molecule has 0 N–H and O–H groups in total. The Morgan fingerprint density at radius 2 is 1.55 bits per heavy atom. The van der Waals surface area contributed by atoms with Crippen molar-refractivity contribution in [2.75, 3.05) is 0 Å². The number of pyridine rings is 1. The maximum Gasteiger partial charge on any atom is 0.394 e. The van der Waals surface area contributed by atoms with Gasteiger partial charge < -0.3 is 0 Å². The molecule has 0 spiro atoms. The van der Waals surface area contributed by atoms with E-state index in [4.69, 9.17) is 4.98 Å². The molecule has 196 valence electrons. The first-order valence-corrected chi connectivity index (χ1v) is 13.2. The van der Waals surface area contributed by atoms with E-state index in [1.165, 1.54) is 35.7 Å². The fraction of sp³-hybridized carbons (Fsp3) is 0.324. The van der Waals surface area contributed by atoms with E-state index in [9.17, 15) is 13.2 Å². The predicted molar refractivity (Wildman–Crippen MR) is 152 cm³/mol. The van der Waals surface area contributed by atoms with E-state index in [0.717, 1.165) is 28.0 Å². The van der Waals surface area contributed by atoms with Gasteiger partial charge in [0.15, 0.2) is 0 Å². The molecule has 0 atom stereocenters. The average molecular weight is 514 g/mol. The third kappa shape index (κ3) is 4.44. The minimum absolute atomic E-state index is 0.0480. The van der Waals surface area contributed by atoms with Crippen LogP contribution in [0.3, 0.4) is 0 Å². The summed E-state index contributed by atoms with van der Waals surface area (Å²) < 4.78 is 40.2. The van der Waals surface area contributed by atoms with E-state index in [1.807, 2.05) is 30.5 Å². The maximum absolute atomic E-state index is 13.4. The third-order valence-electron chi connectivity index (χ3n) is 8.05. The second kappa shape index (κ2) is 9.11. The molecule has 0 saturated carbocycles. The summed E-state index contributed by atoms with van der Waals surface area (Å²) in [6, 6.07) is 22.6. The first-order valence-electron chi connectivity index (χ1n) is 13.2. The molecule has 0 unspecified atom stereocenters. The number of benzene rings is 3. The maximum atomic E-state index is 13.4. The van der Waals surface area contributed by atoms with Crippen LogP contribution in [0, 0.1) is 5.41 Å². The van der Waals surface area contributed by atoms with Crippen molar-refractivity contribution in [2.24, 2.45) is 5.41 Å². The van der Waals surface area contributed by atoms with E-state index >= 15 is 0 Å². The van der Waals surface area contributed by atoms with Gasteiger partial charge in [0.1, 0.15) is 0 Å². The minimum atomic E-state index is -4.25. The summed E-state index contributed by atoms with van der Waals surface area (Å²) in [5.41, 5.74) is 6.47. The van der Waals surface area contributed by atoms with Gasteiger partial charge in [0.25, 0.3) is 0 Å². The van der Waals surface area contributed by atoms with Gasteiger partial charge in [0, 0.05) is 17.2 Å². The van der Waals surface area contributed by atoms with Crippen molar-refractivity contribution in [3.8, 4) is 11.3 Å².